The lowest BCUT2D eigenvalue weighted by atomic mass is 9.91. The highest BCUT2D eigenvalue weighted by Crippen LogP contribution is 2.28. The minimum Gasteiger partial charge on any atom is -0.282 e. The van der Waals surface area contributed by atoms with Crippen LogP contribution in [0.4, 0.5) is 5.69 Å². The first kappa shape index (κ1) is 21.5. The van der Waals surface area contributed by atoms with Gasteiger partial charge >= 0.3 is 0 Å². The van der Waals surface area contributed by atoms with E-state index in [2.05, 4.69) is 19.8 Å². The van der Waals surface area contributed by atoms with Crippen LogP contribution in [0.2, 0.25) is 0 Å². The largest absolute Gasteiger partial charge is 0.282 e. The normalized spacial score (nSPS) is 15.1. The van der Waals surface area contributed by atoms with Gasteiger partial charge in [-0.3, -0.25) is 19.4 Å². The van der Waals surface area contributed by atoms with E-state index in [0.29, 0.717) is 5.69 Å². The van der Waals surface area contributed by atoms with Gasteiger partial charge in [-0.1, -0.05) is 25.3 Å². The van der Waals surface area contributed by atoms with Gasteiger partial charge in [-0.15, -0.1) is 0 Å². The smallest absolute Gasteiger partial charge is 0.233 e. The topological polar surface area (TPSA) is 103 Å². The maximum absolute atomic E-state index is 12.7. The molecule has 1 fully saturated rings. The first-order valence-electron chi connectivity index (χ1n) is 11.2. The molecule has 0 aliphatic heterocycles. The predicted octanol–water partition coefficient (Wildman–Crippen LogP) is 4.41. The molecule has 1 N–H and O–H groups in total. The van der Waals surface area contributed by atoms with Crippen LogP contribution in [0.1, 0.15) is 32.1 Å². The summed E-state index contributed by atoms with van der Waals surface area (Å²) in [5.41, 5.74) is 5.34. The summed E-state index contributed by atoms with van der Waals surface area (Å²) in [6.45, 7) is 0. The summed E-state index contributed by atoms with van der Waals surface area (Å²) < 4.78 is 29.8. The highest BCUT2D eigenvalue weighted by molar-refractivity contribution is 7.92. The number of anilines is 1. The molecule has 1 aromatic carbocycles. The zero-order chi connectivity index (χ0) is 22.8. The average molecular weight is 463 g/mol. The minimum absolute atomic E-state index is 0.167. The van der Waals surface area contributed by atoms with E-state index in [1.165, 1.54) is 6.42 Å². The quantitative estimate of drug-likeness (QED) is 0.455. The highest BCUT2D eigenvalue weighted by atomic mass is 32.2. The van der Waals surface area contributed by atoms with Crippen molar-refractivity contribution in [3.63, 3.8) is 0 Å². The Morgan fingerprint density at radius 1 is 0.970 bits per heavy atom. The summed E-state index contributed by atoms with van der Waals surface area (Å²) in [5.74, 6) is 0.403. The van der Waals surface area contributed by atoms with Crippen molar-refractivity contribution in [2.24, 2.45) is 13.0 Å². The lowest BCUT2D eigenvalue weighted by molar-refractivity contribution is 0.385. The summed E-state index contributed by atoms with van der Waals surface area (Å²) in [5, 5.41) is 4.20. The molecule has 3 heterocycles. The second-order valence-corrected chi connectivity index (χ2v) is 10.5. The number of fused-ring (bicyclic) bond motifs is 1. The molecule has 5 rings (SSSR count). The second-order valence-electron chi connectivity index (χ2n) is 8.71. The molecular weight excluding hydrogens is 436 g/mol. The van der Waals surface area contributed by atoms with Crippen LogP contribution in [0.25, 0.3) is 33.4 Å². The summed E-state index contributed by atoms with van der Waals surface area (Å²) in [6, 6.07) is 7.60. The highest BCUT2D eigenvalue weighted by Gasteiger charge is 2.21. The van der Waals surface area contributed by atoms with E-state index in [4.69, 9.17) is 4.98 Å². The zero-order valence-electron chi connectivity index (χ0n) is 18.5. The third kappa shape index (κ3) is 5.03. The lowest BCUT2D eigenvalue weighted by Gasteiger charge is -2.21. The molecule has 9 heteroatoms. The fourth-order valence-corrected chi connectivity index (χ4v) is 5.93. The standard InChI is InChI=1S/C24H26N6O2S/c1-30-15-20(12-27-30)24-14-26-22-8-7-18(10-23(22)28-24)19-9-21(13-25-11-19)29-33(31,32)16-17-5-3-2-4-6-17/h7-15,17,29H,2-6,16H2,1H3. The van der Waals surface area contributed by atoms with Gasteiger partial charge in [0.1, 0.15) is 0 Å². The van der Waals surface area contributed by atoms with Gasteiger partial charge in [0, 0.05) is 30.6 Å². The van der Waals surface area contributed by atoms with Crippen LogP contribution in [-0.4, -0.2) is 38.9 Å². The summed E-state index contributed by atoms with van der Waals surface area (Å²) in [4.78, 5) is 13.5. The van der Waals surface area contributed by atoms with Gasteiger partial charge in [-0.25, -0.2) is 13.4 Å². The molecule has 33 heavy (non-hydrogen) atoms. The number of hydrogen-bond donors (Lipinski definition) is 1. The van der Waals surface area contributed by atoms with Gasteiger partial charge in [0.25, 0.3) is 0 Å². The molecule has 1 saturated carbocycles. The van der Waals surface area contributed by atoms with Crippen molar-refractivity contribution in [1.82, 2.24) is 24.7 Å². The van der Waals surface area contributed by atoms with Crippen LogP contribution >= 0.6 is 0 Å². The molecule has 1 aliphatic rings. The van der Waals surface area contributed by atoms with Crippen LogP contribution in [0.3, 0.4) is 0 Å². The third-order valence-corrected chi connectivity index (χ3v) is 7.52. The summed E-state index contributed by atoms with van der Waals surface area (Å²) in [7, 11) is -1.56. The Morgan fingerprint density at radius 2 is 1.82 bits per heavy atom. The van der Waals surface area contributed by atoms with Crippen molar-refractivity contribution >= 4 is 26.7 Å². The number of hydrogen-bond acceptors (Lipinski definition) is 6. The maximum Gasteiger partial charge on any atom is 0.233 e. The van der Waals surface area contributed by atoms with Crippen molar-refractivity contribution in [3.8, 4) is 22.4 Å². The Morgan fingerprint density at radius 3 is 2.61 bits per heavy atom. The Hall–Kier alpha value is -3.33. The number of aromatic nitrogens is 5. The van der Waals surface area contributed by atoms with E-state index >= 15 is 0 Å². The van der Waals surface area contributed by atoms with Crippen molar-refractivity contribution in [1.29, 1.82) is 0 Å². The monoisotopic (exact) mass is 462 g/mol. The SMILES string of the molecule is Cn1cc(-c2cnc3ccc(-c4cncc(NS(=O)(=O)CC5CCCCC5)c4)cc3n2)cn1. The van der Waals surface area contributed by atoms with Gasteiger partial charge in [0.2, 0.25) is 10.0 Å². The Labute approximate surface area is 193 Å². The molecule has 4 aromatic rings. The first-order valence-corrected chi connectivity index (χ1v) is 12.8. The van der Waals surface area contributed by atoms with E-state index in [0.717, 1.165) is 59.1 Å². The van der Waals surface area contributed by atoms with Gasteiger partial charge in [-0.2, -0.15) is 5.10 Å². The fraction of sp³-hybridized carbons (Fsp3) is 0.333. The molecule has 0 unspecified atom stereocenters. The number of pyridine rings is 1. The average Bonchev–Trinajstić information content (AvgIpc) is 3.25. The lowest BCUT2D eigenvalue weighted by Crippen LogP contribution is -2.24. The number of nitrogens with zero attached hydrogens (tertiary/aromatic N) is 5. The minimum atomic E-state index is -3.42. The molecule has 1 aliphatic carbocycles. The first-order chi connectivity index (χ1) is 15.9. The van der Waals surface area contributed by atoms with E-state index in [9.17, 15) is 8.42 Å². The van der Waals surface area contributed by atoms with Crippen molar-refractivity contribution in [3.05, 3.63) is 55.2 Å². The molecule has 0 amide bonds. The molecule has 0 atom stereocenters. The molecule has 170 valence electrons. The number of aryl methyl sites for hydroxylation is 1. The molecule has 0 spiro atoms. The number of sulfonamides is 1. The van der Waals surface area contributed by atoms with E-state index in [-0.39, 0.29) is 11.7 Å². The number of nitrogens with one attached hydrogen (secondary N) is 1. The Balaban J connectivity index is 1.39. The van der Waals surface area contributed by atoms with Gasteiger partial charge in [0.15, 0.2) is 0 Å². The van der Waals surface area contributed by atoms with Crippen molar-refractivity contribution in [2.45, 2.75) is 32.1 Å². The van der Waals surface area contributed by atoms with E-state index in [1.54, 1.807) is 29.5 Å². The summed E-state index contributed by atoms with van der Waals surface area (Å²) >= 11 is 0. The van der Waals surface area contributed by atoms with E-state index in [1.807, 2.05) is 37.5 Å². The van der Waals surface area contributed by atoms with Crippen molar-refractivity contribution in [2.75, 3.05) is 10.5 Å². The maximum atomic E-state index is 12.7. The second kappa shape index (κ2) is 8.90. The Bertz CT molecular complexity index is 1390. The van der Waals surface area contributed by atoms with Crippen LogP contribution in [-0.2, 0) is 17.1 Å². The van der Waals surface area contributed by atoms with Crippen LogP contribution in [0, 0.1) is 5.92 Å². The van der Waals surface area contributed by atoms with Crippen molar-refractivity contribution < 1.29 is 8.42 Å². The van der Waals surface area contributed by atoms with Gasteiger partial charge in [-0.05, 0) is 42.5 Å². The third-order valence-electron chi connectivity index (χ3n) is 6.07. The van der Waals surface area contributed by atoms with Gasteiger partial charge < -0.3 is 0 Å². The van der Waals surface area contributed by atoms with Gasteiger partial charge in [0.05, 0.1) is 46.8 Å². The number of benzene rings is 1. The van der Waals surface area contributed by atoms with Crippen LogP contribution in [0.5, 0.6) is 0 Å². The molecular formula is C24H26N6O2S. The van der Waals surface area contributed by atoms with Crippen LogP contribution < -0.4 is 4.72 Å². The Kier molecular flexibility index (Phi) is 5.80. The molecule has 3 aromatic heterocycles. The fourth-order valence-electron chi connectivity index (χ4n) is 4.42. The predicted molar refractivity (Wildman–Crippen MR) is 129 cm³/mol. The molecule has 0 bridgehead atoms. The number of rotatable bonds is 6. The molecule has 0 radical (unpaired) electrons. The molecule has 0 saturated heterocycles. The zero-order valence-corrected chi connectivity index (χ0v) is 19.3. The van der Waals surface area contributed by atoms with E-state index < -0.39 is 10.0 Å². The molecule has 8 nitrogen and oxygen atoms in total. The van der Waals surface area contributed by atoms with Crippen LogP contribution in [0.15, 0.2) is 55.2 Å². The summed E-state index contributed by atoms with van der Waals surface area (Å²) in [6.07, 6.45) is 14.1.